The van der Waals surface area contributed by atoms with Gasteiger partial charge in [-0.3, -0.25) is 9.78 Å². The van der Waals surface area contributed by atoms with Crippen LogP contribution in [0.15, 0.2) is 72.8 Å². The zero-order valence-electron chi connectivity index (χ0n) is 17.3. The van der Waals surface area contributed by atoms with Gasteiger partial charge in [-0.1, -0.05) is 37.3 Å². The molecule has 156 valence electrons. The summed E-state index contributed by atoms with van der Waals surface area (Å²) in [5, 5.41) is 3.86. The number of anilines is 1. The lowest BCUT2D eigenvalue weighted by Crippen LogP contribution is -2.11. The maximum atomic E-state index is 13.1. The lowest BCUT2D eigenvalue weighted by Gasteiger charge is -2.12. The molecule has 3 aromatic carbocycles. The van der Waals surface area contributed by atoms with Crippen LogP contribution in [0, 0.1) is 12.7 Å². The predicted octanol–water partition coefficient (Wildman–Crippen LogP) is 7.29. The molecule has 0 bridgehead atoms. The van der Waals surface area contributed by atoms with E-state index in [1.807, 2.05) is 44.2 Å². The Morgan fingerprint density at radius 2 is 1.65 bits per heavy atom. The molecule has 0 spiro atoms. The summed E-state index contributed by atoms with van der Waals surface area (Å²) in [5.41, 5.74) is 5.78. The second kappa shape index (κ2) is 8.86. The quantitative estimate of drug-likeness (QED) is 0.336. The molecule has 3 nitrogen and oxygen atoms in total. The van der Waals surface area contributed by atoms with Gasteiger partial charge in [0.05, 0.1) is 10.9 Å². The molecule has 0 aliphatic rings. The Morgan fingerprint density at radius 3 is 2.29 bits per heavy atom. The minimum Gasteiger partial charge on any atom is -0.322 e. The van der Waals surface area contributed by atoms with E-state index in [0.717, 1.165) is 39.7 Å². The highest BCUT2D eigenvalue weighted by molar-refractivity contribution is 6.21. The number of hydrogen-bond acceptors (Lipinski definition) is 2. The van der Waals surface area contributed by atoms with Crippen molar-refractivity contribution in [1.29, 1.82) is 0 Å². The van der Waals surface area contributed by atoms with Gasteiger partial charge in [0, 0.05) is 22.3 Å². The lowest BCUT2D eigenvalue weighted by molar-refractivity contribution is 0.102. The molecule has 1 unspecified atom stereocenters. The highest BCUT2D eigenvalue weighted by atomic mass is 35.5. The standard InChI is InChI=1S/C26H22ClFN2O/c1-3-24(27)23-14-20-10-13-22(15-25(20)29-16(23)2)30-26(31)19-6-4-17(5-7-19)18-8-11-21(28)12-9-18/h4-15,24H,3H2,1-2H3,(H,30,31). The van der Waals surface area contributed by atoms with Gasteiger partial charge in [-0.2, -0.15) is 0 Å². The van der Waals surface area contributed by atoms with Crippen molar-refractivity contribution in [3.05, 3.63) is 95.4 Å². The first-order valence-electron chi connectivity index (χ1n) is 10.2. The van der Waals surface area contributed by atoms with Crippen LogP contribution >= 0.6 is 11.6 Å². The number of aromatic nitrogens is 1. The van der Waals surface area contributed by atoms with E-state index in [1.165, 1.54) is 12.1 Å². The van der Waals surface area contributed by atoms with Crippen molar-refractivity contribution >= 4 is 34.1 Å². The van der Waals surface area contributed by atoms with E-state index in [9.17, 15) is 9.18 Å². The summed E-state index contributed by atoms with van der Waals surface area (Å²) in [7, 11) is 0. The van der Waals surface area contributed by atoms with Crippen molar-refractivity contribution in [2.75, 3.05) is 5.32 Å². The van der Waals surface area contributed by atoms with Crippen molar-refractivity contribution in [2.45, 2.75) is 25.6 Å². The first-order valence-corrected chi connectivity index (χ1v) is 10.6. The minimum absolute atomic E-state index is 0.0610. The summed E-state index contributed by atoms with van der Waals surface area (Å²) in [6.07, 6.45) is 0.837. The fourth-order valence-corrected chi connectivity index (χ4v) is 3.78. The fraction of sp³-hybridized carbons (Fsp3) is 0.154. The Hall–Kier alpha value is -3.24. The van der Waals surface area contributed by atoms with Crippen LogP contribution < -0.4 is 5.32 Å². The summed E-state index contributed by atoms with van der Waals surface area (Å²) < 4.78 is 13.1. The van der Waals surface area contributed by atoms with Gasteiger partial charge in [0.1, 0.15) is 5.82 Å². The number of pyridine rings is 1. The Balaban J connectivity index is 1.53. The SMILES string of the molecule is CCC(Cl)c1cc2ccc(NC(=O)c3ccc(-c4ccc(F)cc4)cc3)cc2nc1C. The molecule has 0 saturated heterocycles. The van der Waals surface area contributed by atoms with Crippen LogP contribution in [0.3, 0.4) is 0 Å². The molecule has 0 aliphatic heterocycles. The second-order valence-corrected chi connectivity index (χ2v) is 8.01. The Bertz CT molecular complexity index is 1240. The third kappa shape index (κ3) is 4.59. The van der Waals surface area contributed by atoms with Gasteiger partial charge in [0.25, 0.3) is 5.91 Å². The number of nitrogens with zero attached hydrogens (tertiary/aromatic N) is 1. The third-order valence-electron chi connectivity index (χ3n) is 5.33. The predicted molar refractivity (Wildman–Crippen MR) is 125 cm³/mol. The molecular weight excluding hydrogens is 411 g/mol. The average molecular weight is 433 g/mol. The van der Waals surface area contributed by atoms with Crippen molar-refractivity contribution < 1.29 is 9.18 Å². The number of hydrogen-bond donors (Lipinski definition) is 1. The van der Waals surface area contributed by atoms with Gasteiger partial charge in [0.2, 0.25) is 0 Å². The van der Waals surface area contributed by atoms with Gasteiger partial charge < -0.3 is 5.32 Å². The van der Waals surface area contributed by atoms with Gasteiger partial charge in [-0.05, 0) is 72.5 Å². The Labute approximate surface area is 185 Å². The lowest BCUT2D eigenvalue weighted by atomic mass is 10.0. The summed E-state index contributed by atoms with van der Waals surface area (Å²) in [6, 6.07) is 21.2. The summed E-state index contributed by atoms with van der Waals surface area (Å²) >= 11 is 6.41. The maximum Gasteiger partial charge on any atom is 0.255 e. The summed E-state index contributed by atoms with van der Waals surface area (Å²) in [4.78, 5) is 17.4. The largest absolute Gasteiger partial charge is 0.322 e. The molecule has 0 saturated carbocycles. The van der Waals surface area contributed by atoms with Crippen LogP contribution in [0.1, 0.15) is 40.3 Å². The van der Waals surface area contributed by atoms with E-state index in [4.69, 9.17) is 11.6 Å². The number of benzene rings is 3. The molecule has 1 amide bonds. The topological polar surface area (TPSA) is 42.0 Å². The number of nitrogens with one attached hydrogen (secondary N) is 1. The number of amides is 1. The van der Waals surface area contributed by atoms with Crippen LogP contribution in [0.2, 0.25) is 0 Å². The maximum absolute atomic E-state index is 13.1. The minimum atomic E-state index is -0.274. The number of alkyl halides is 1. The Morgan fingerprint density at radius 1 is 1.00 bits per heavy atom. The van der Waals surface area contributed by atoms with E-state index in [0.29, 0.717) is 11.3 Å². The summed E-state index contributed by atoms with van der Waals surface area (Å²) in [5.74, 6) is -0.478. The monoisotopic (exact) mass is 432 g/mol. The van der Waals surface area contributed by atoms with Gasteiger partial charge >= 0.3 is 0 Å². The second-order valence-electron chi connectivity index (χ2n) is 7.48. The third-order valence-corrected chi connectivity index (χ3v) is 5.87. The van der Waals surface area contributed by atoms with Crippen molar-refractivity contribution in [2.24, 2.45) is 0 Å². The highest BCUT2D eigenvalue weighted by Crippen LogP contribution is 2.29. The fourth-order valence-electron chi connectivity index (χ4n) is 3.55. The Kier molecular flexibility index (Phi) is 6.01. The average Bonchev–Trinajstić information content (AvgIpc) is 2.78. The number of carbonyl (C=O) groups excluding carboxylic acids is 1. The molecule has 31 heavy (non-hydrogen) atoms. The number of aryl methyl sites for hydroxylation is 1. The van der Waals surface area contributed by atoms with Gasteiger partial charge in [0.15, 0.2) is 0 Å². The van der Waals surface area contributed by atoms with Crippen LogP contribution in [0.4, 0.5) is 10.1 Å². The molecule has 0 fully saturated rings. The van der Waals surface area contributed by atoms with Crippen LogP contribution in [0.5, 0.6) is 0 Å². The van der Waals surface area contributed by atoms with E-state index < -0.39 is 0 Å². The molecule has 1 heterocycles. The van der Waals surface area contributed by atoms with E-state index in [1.54, 1.807) is 24.3 Å². The number of fused-ring (bicyclic) bond motifs is 1. The number of halogens is 2. The van der Waals surface area contributed by atoms with E-state index >= 15 is 0 Å². The molecule has 1 aromatic heterocycles. The van der Waals surface area contributed by atoms with Crippen LogP contribution in [-0.2, 0) is 0 Å². The zero-order chi connectivity index (χ0) is 22.0. The molecule has 0 aliphatic carbocycles. The molecule has 4 aromatic rings. The molecule has 1 N–H and O–H groups in total. The van der Waals surface area contributed by atoms with Crippen molar-refractivity contribution in [1.82, 2.24) is 4.98 Å². The normalized spacial score (nSPS) is 12.0. The number of rotatable bonds is 5. The van der Waals surface area contributed by atoms with Gasteiger partial charge in [-0.25, -0.2) is 4.39 Å². The molecular formula is C26H22ClFN2O. The summed E-state index contributed by atoms with van der Waals surface area (Å²) in [6.45, 7) is 4.00. The molecule has 0 radical (unpaired) electrons. The first-order chi connectivity index (χ1) is 14.9. The molecule has 1 atom stereocenters. The number of carbonyl (C=O) groups is 1. The van der Waals surface area contributed by atoms with Crippen molar-refractivity contribution in [3.63, 3.8) is 0 Å². The molecule has 5 heteroatoms. The van der Waals surface area contributed by atoms with E-state index in [-0.39, 0.29) is 17.1 Å². The smallest absolute Gasteiger partial charge is 0.255 e. The first kappa shape index (κ1) is 21.0. The molecule has 4 rings (SSSR count). The van der Waals surface area contributed by atoms with Crippen LogP contribution in [0.25, 0.3) is 22.0 Å². The van der Waals surface area contributed by atoms with E-state index in [2.05, 4.69) is 16.4 Å². The van der Waals surface area contributed by atoms with Crippen molar-refractivity contribution in [3.8, 4) is 11.1 Å². The highest BCUT2D eigenvalue weighted by Gasteiger charge is 2.12. The zero-order valence-corrected chi connectivity index (χ0v) is 18.1. The van der Waals surface area contributed by atoms with Crippen LogP contribution in [-0.4, -0.2) is 10.9 Å². The van der Waals surface area contributed by atoms with Gasteiger partial charge in [-0.15, -0.1) is 11.6 Å².